The van der Waals surface area contributed by atoms with Crippen LogP contribution in [0.1, 0.15) is 15.9 Å². The number of ether oxygens (including phenoxy) is 1. The van der Waals surface area contributed by atoms with Gasteiger partial charge in [-0.1, -0.05) is 0 Å². The van der Waals surface area contributed by atoms with Crippen molar-refractivity contribution in [3.05, 3.63) is 35.2 Å². The first-order valence-electron chi connectivity index (χ1n) is 4.32. The van der Waals surface area contributed by atoms with Gasteiger partial charge in [0, 0.05) is 11.6 Å². The van der Waals surface area contributed by atoms with Crippen LogP contribution in [-0.2, 0) is 4.79 Å². The van der Waals surface area contributed by atoms with E-state index in [4.69, 9.17) is 9.84 Å². The average molecular weight is 224 g/mol. The van der Waals surface area contributed by atoms with Gasteiger partial charge in [0.2, 0.25) is 0 Å². The van der Waals surface area contributed by atoms with Gasteiger partial charge >= 0.3 is 5.97 Å². The normalized spacial score (nSPS) is 10.4. The van der Waals surface area contributed by atoms with E-state index in [1.165, 1.54) is 19.2 Å². The number of halogens is 1. The minimum Gasteiger partial charge on any atom is -0.497 e. The molecule has 0 spiro atoms. The second kappa shape index (κ2) is 5.06. The highest BCUT2D eigenvalue weighted by Gasteiger charge is 2.09. The molecule has 1 aromatic rings. The number of rotatable bonds is 4. The SMILES string of the molecule is COc1cc(C=O)c(F)c(/C=C/C(=O)O)c1. The zero-order chi connectivity index (χ0) is 12.1. The Kier molecular flexibility index (Phi) is 3.77. The highest BCUT2D eigenvalue weighted by atomic mass is 19.1. The Morgan fingerprint density at radius 1 is 1.44 bits per heavy atom. The van der Waals surface area contributed by atoms with Gasteiger partial charge in [0.05, 0.1) is 12.7 Å². The molecule has 0 bridgehead atoms. The maximum Gasteiger partial charge on any atom is 0.328 e. The predicted octanol–water partition coefficient (Wildman–Crippen LogP) is 1.74. The van der Waals surface area contributed by atoms with Crippen LogP contribution in [0.2, 0.25) is 0 Å². The molecule has 1 N–H and O–H groups in total. The van der Waals surface area contributed by atoms with Crippen molar-refractivity contribution in [3.8, 4) is 5.75 Å². The van der Waals surface area contributed by atoms with E-state index in [9.17, 15) is 14.0 Å². The summed E-state index contributed by atoms with van der Waals surface area (Å²) in [4.78, 5) is 20.8. The minimum atomic E-state index is -1.20. The van der Waals surface area contributed by atoms with E-state index in [1.54, 1.807) is 0 Å². The molecule has 0 unspecified atom stereocenters. The molecule has 0 saturated carbocycles. The smallest absolute Gasteiger partial charge is 0.328 e. The molecule has 1 rings (SSSR count). The summed E-state index contributed by atoms with van der Waals surface area (Å²) in [5, 5.41) is 8.41. The maximum absolute atomic E-state index is 13.5. The van der Waals surface area contributed by atoms with Crippen molar-refractivity contribution in [2.24, 2.45) is 0 Å². The first kappa shape index (κ1) is 11.9. The number of aldehydes is 1. The number of carboxylic acid groups (broad SMARTS) is 1. The molecule has 84 valence electrons. The number of aliphatic carboxylic acids is 1. The Labute approximate surface area is 91.0 Å². The van der Waals surface area contributed by atoms with Crippen molar-refractivity contribution in [2.45, 2.75) is 0 Å². The van der Waals surface area contributed by atoms with Crippen molar-refractivity contribution in [1.82, 2.24) is 0 Å². The first-order chi connectivity index (χ1) is 7.58. The molecular weight excluding hydrogens is 215 g/mol. The number of carbonyl (C=O) groups excluding carboxylic acids is 1. The van der Waals surface area contributed by atoms with Gasteiger partial charge < -0.3 is 9.84 Å². The predicted molar refractivity (Wildman–Crippen MR) is 55.0 cm³/mol. The van der Waals surface area contributed by atoms with Crippen LogP contribution in [0.15, 0.2) is 18.2 Å². The molecule has 0 heterocycles. The first-order valence-corrected chi connectivity index (χ1v) is 4.32. The zero-order valence-electron chi connectivity index (χ0n) is 8.44. The molecule has 0 saturated heterocycles. The van der Waals surface area contributed by atoms with E-state index in [0.717, 1.165) is 12.2 Å². The quantitative estimate of drug-likeness (QED) is 0.625. The lowest BCUT2D eigenvalue weighted by molar-refractivity contribution is -0.131. The Morgan fingerprint density at radius 2 is 2.06 bits per heavy atom. The number of hydrogen-bond donors (Lipinski definition) is 1. The number of hydrogen-bond acceptors (Lipinski definition) is 3. The largest absolute Gasteiger partial charge is 0.497 e. The second-order valence-electron chi connectivity index (χ2n) is 2.91. The summed E-state index contributed by atoms with van der Waals surface area (Å²) in [5.41, 5.74) is -0.187. The lowest BCUT2D eigenvalue weighted by Gasteiger charge is -2.04. The molecule has 0 aliphatic rings. The minimum absolute atomic E-state index is 0.0103. The summed E-state index contributed by atoms with van der Waals surface area (Å²) in [7, 11) is 1.37. The van der Waals surface area contributed by atoms with Crippen LogP contribution < -0.4 is 4.74 Å². The van der Waals surface area contributed by atoms with Gasteiger partial charge in [-0.05, 0) is 18.2 Å². The summed E-state index contributed by atoms with van der Waals surface area (Å²) in [6.07, 6.45) is 2.19. The van der Waals surface area contributed by atoms with Gasteiger partial charge in [0.25, 0.3) is 0 Å². The van der Waals surface area contributed by atoms with Crippen molar-refractivity contribution < 1.29 is 23.8 Å². The van der Waals surface area contributed by atoms with E-state index in [2.05, 4.69) is 0 Å². The fraction of sp³-hybridized carbons (Fsp3) is 0.0909. The Balaban J connectivity index is 3.26. The number of carbonyl (C=O) groups is 2. The van der Waals surface area contributed by atoms with E-state index < -0.39 is 11.8 Å². The third-order valence-electron chi connectivity index (χ3n) is 1.87. The van der Waals surface area contributed by atoms with Gasteiger partial charge in [-0.15, -0.1) is 0 Å². The molecule has 5 heteroatoms. The van der Waals surface area contributed by atoms with Gasteiger partial charge in [-0.3, -0.25) is 4.79 Å². The molecule has 0 fully saturated rings. The summed E-state index contributed by atoms with van der Waals surface area (Å²) in [6, 6.07) is 2.54. The van der Waals surface area contributed by atoms with Gasteiger partial charge in [-0.2, -0.15) is 0 Å². The van der Waals surface area contributed by atoms with Crippen LogP contribution in [-0.4, -0.2) is 24.5 Å². The average Bonchev–Trinajstić information content (AvgIpc) is 2.27. The van der Waals surface area contributed by atoms with Crippen molar-refractivity contribution in [2.75, 3.05) is 7.11 Å². The highest BCUT2D eigenvalue weighted by molar-refractivity contribution is 5.86. The second-order valence-corrected chi connectivity index (χ2v) is 2.91. The molecule has 4 nitrogen and oxygen atoms in total. The van der Waals surface area contributed by atoms with E-state index in [0.29, 0.717) is 6.29 Å². The zero-order valence-corrected chi connectivity index (χ0v) is 8.44. The van der Waals surface area contributed by atoms with Crippen LogP contribution in [0.4, 0.5) is 4.39 Å². The van der Waals surface area contributed by atoms with Crippen molar-refractivity contribution >= 4 is 18.3 Å². The van der Waals surface area contributed by atoms with E-state index in [-0.39, 0.29) is 16.9 Å². The fourth-order valence-electron chi connectivity index (χ4n) is 1.13. The molecule has 0 aliphatic carbocycles. The molecule has 0 amide bonds. The molecule has 0 radical (unpaired) electrons. The monoisotopic (exact) mass is 224 g/mol. The summed E-state index contributed by atoms with van der Waals surface area (Å²) < 4.78 is 18.4. The standard InChI is InChI=1S/C11H9FO4/c1-16-9-4-7(2-3-10(14)15)11(12)8(5-9)6-13/h2-6H,1H3,(H,14,15)/b3-2+. The van der Waals surface area contributed by atoms with Crippen LogP contribution >= 0.6 is 0 Å². The van der Waals surface area contributed by atoms with E-state index >= 15 is 0 Å². The van der Waals surface area contributed by atoms with Gasteiger partial charge in [-0.25, -0.2) is 9.18 Å². The Morgan fingerprint density at radius 3 is 2.56 bits per heavy atom. The number of benzene rings is 1. The number of methoxy groups -OCH3 is 1. The lowest BCUT2D eigenvalue weighted by atomic mass is 10.1. The van der Waals surface area contributed by atoms with Crippen LogP contribution in [0.25, 0.3) is 6.08 Å². The number of carboxylic acids is 1. The summed E-state index contributed by atoms with van der Waals surface area (Å²) in [6.45, 7) is 0. The molecule has 0 aromatic heterocycles. The van der Waals surface area contributed by atoms with Gasteiger partial charge in [0.1, 0.15) is 11.6 Å². The van der Waals surface area contributed by atoms with Gasteiger partial charge in [0.15, 0.2) is 6.29 Å². The molecule has 0 aliphatic heterocycles. The molecular formula is C11H9FO4. The topological polar surface area (TPSA) is 63.6 Å². The van der Waals surface area contributed by atoms with Crippen LogP contribution in [0.3, 0.4) is 0 Å². The Bertz CT molecular complexity index is 452. The van der Waals surface area contributed by atoms with Crippen LogP contribution in [0.5, 0.6) is 5.75 Å². The molecule has 0 atom stereocenters. The lowest BCUT2D eigenvalue weighted by Crippen LogP contribution is -1.95. The van der Waals surface area contributed by atoms with Crippen molar-refractivity contribution in [3.63, 3.8) is 0 Å². The third kappa shape index (κ3) is 2.66. The highest BCUT2D eigenvalue weighted by Crippen LogP contribution is 2.21. The molecule has 1 aromatic carbocycles. The third-order valence-corrected chi connectivity index (χ3v) is 1.87. The van der Waals surface area contributed by atoms with Crippen molar-refractivity contribution in [1.29, 1.82) is 0 Å². The summed E-state index contributed by atoms with van der Waals surface area (Å²) >= 11 is 0. The van der Waals surface area contributed by atoms with E-state index in [1.807, 2.05) is 0 Å². The Hall–Kier alpha value is -2.17. The maximum atomic E-state index is 13.5. The van der Waals surface area contributed by atoms with Crippen LogP contribution in [0, 0.1) is 5.82 Å². The molecule has 16 heavy (non-hydrogen) atoms. The fourth-order valence-corrected chi connectivity index (χ4v) is 1.13. The summed E-state index contributed by atoms with van der Waals surface area (Å²) in [5.74, 6) is -1.68.